The quantitative estimate of drug-likeness (QED) is 0.876. The van der Waals surface area contributed by atoms with Crippen molar-refractivity contribution in [3.8, 4) is 0 Å². The number of likely N-dealkylation sites (N-methyl/N-ethyl adjacent to an activating group) is 1. The van der Waals surface area contributed by atoms with Gasteiger partial charge in [0.05, 0.1) is 11.9 Å². The number of carbonyl (C=O) groups excluding carboxylic acids is 1. The minimum absolute atomic E-state index is 0.0883. The van der Waals surface area contributed by atoms with E-state index in [2.05, 4.69) is 45.5 Å². The third kappa shape index (κ3) is 4.20. The van der Waals surface area contributed by atoms with Gasteiger partial charge in [-0.2, -0.15) is 0 Å². The van der Waals surface area contributed by atoms with Gasteiger partial charge in [0.25, 0.3) is 0 Å². The van der Waals surface area contributed by atoms with Crippen molar-refractivity contribution < 1.29 is 4.79 Å². The highest BCUT2D eigenvalue weighted by atomic mass is 16.1. The molecule has 0 unspecified atom stereocenters. The van der Waals surface area contributed by atoms with E-state index in [0.29, 0.717) is 11.9 Å². The van der Waals surface area contributed by atoms with Crippen molar-refractivity contribution in [1.29, 1.82) is 0 Å². The number of aromatic nitrogens is 1. The maximum Gasteiger partial charge on any atom is 0.228 e. The molecule has 0 aromatic carbocycles. The Labute approximate surface area is 138 Å². The summed E-state index contributed by atoms with van der Waals surface area (Å²) in [6.45, 7) is 7.24. The monoisotopic (exact) mass is 317 g/mol. The zero-order valence-corrected chi connectivity index (χ0v) is 14.1. The van der Waals surface area contributed by atoms with E-state index in [9.17, 15) is 4.79 Å². The topological polar surface area (TPSA) is 60.5 Å². The van der Waals surface area contributed by atoms with Crippen LogP contribution in [0.1, 0.15) is 19.8 Å². The summed E-state index contributed by atoms with van der Waals surface area (Å²) in [7, 11) is 2.15. The summed E-state index contributed by atoms with van der Waals surface area (Å²) in [6, 6.07) is 4.38. The van der Waals surface area contributed by atoms with Crippen molar-refractivity contribution in [2.75, 3.05) is 50.0 Å². The average Bonchev–Trinajstić information content (AvgIpc) is 2.56. The lowest BCUT2D eigenvalue weighted by molar-refractivity contribution is -0.120. The van der Waals surface area contributed by atoms with Gasteiger partial charge >= 0.3 is 0 Å². The molecule has 0 radical (unpaired) electrons. The minimum atomic E-state index is 0.0883. The number of hydrogen-bond donors (Lipinski definition) is 2. The zero-order chi connectivity index (χ0) is 16.2. The van der Waals surface area contributed by atoms with Crippen molar-refractivity contribution in [2.24, 2.45) is 5.92 Å². The number of piperidine rings is 1. The van der Waals surface area contributed by atoms with Crippen molar-refractivity contribution in [3.05, 3.63) is 18.3 Å². The Kier molecular flexibility index (Phi) is 5.13. The van der Waals surface area contributed by atoms with Crippen LogP contribution in [0.5, 0.6) is 0 Å². The lowest BCUT2D eigenvalue weighted by Gasteiger charge is -2.33. The van der Waals surface area contributed by atoms with Crippen LogP contribution < -0.4 is 15.5 Å². The van der Waals surface area contributed by atoms with E-state index in [4.69, 9.17) is 0 Å². The maximum atomic E-state index is 12.3. The molecule has 3 heterocycles. The van der Waals surface area contributed by atoms with Gasteiger partial charge in [-0.3, -0.25) is 4.79 Å². The molecule has 0 bridgehead atoms. The van der Waals surface area contributed by atoms with Gasteiger partial charge in [-0.1, -0.05) is 0 Å². The Morgan fingerprint density at radius 3 is 2.74 bits per heavy atom. The molecule has 2 aliphatic rings. The molecule has 6 heteroatoms. The van der Waals surface area contributed by atoms with Crippen molar-refractivity contribution in [1.82, 2.24) is 15.2 Å². The molecule has 1 amide bonds. The molecule has 2 aliphatic heterocycles. The number of carbonyl (C=O) groups is 1. The third-order valence-electron chi connectivity index (χ3n) is 4.86. The second kappa shape index (κ2) is 7.27. The Morgan fingerprint density at radius 2 is 2.09 bits per heavy atom. The molecule has 2 fully saturated rings. The molecule has 2 atom stereocenters. The number of amides is 1. The van der Waals surface area contributed by atoms with Gasteiger partial charge in [-0.25, -0.2) is 4.98 Å². The molecule has 1 aromatic heterocycles. The first-order chi connectivity index (χ1) is 11.1. The summed E-state index contributed by atoms with van der Waals surface area (Å²) >= 11 is 0. The van der Waals surface area contributed by atoms with E-state index in [1.54, 1.807) is 0 Å². The van der Waals surface area contributed by atoms with Gasteiger partial charge in [-0.05, 0) is 45.5 Å². The fourth-order valence-corrected chi connectivity index (χ4v) is 3.31. The number of nitrogens with zero attached hydrogens (tertiary/aromatic N) is 3. The van der Waals surface area contributed by atoms with Crippen molar-refractivity contribution in [3.63, 3.8) is 0 Å². The SMILES string of the molecule is C[C@H]1C[C@@H](C(=O)Nc2ccc(N3CCN(C)CC3)cn2)CCN1. The van der Waals surface area contributed by atoms with Crippen LogP contribution in [0.25, 0.3) is 0 Å². The number of hydrogen-bond acceptors (Lipinski definition) is 5. The summed E-state index contributed by atoms with van der Waals surface area (Å²) in [5.41, 5.74) is 1.13. The highest BCUT2D eigenvalue weighted by molar-refractivity contribution is 5.91. The highest BCUT2D eigenvalue weighted by Gasteiger charge is 2.25. The van der Waals surface area contributed by atoms with Gasteiger partial charge < -0.3 is 20.4 Å². The summed E-state index contributed by atoms with van der Waals surface area (Å²) in [4.78, 5) is 21.4. The lowest BCUT2D eigenvalue weighted by atomic mass is 9.92. The number of piperazine rings is 1. The molecule has 126 valence electrons. The first-order valence-electron chi connectivity index (χ1n) is 8.55. The van der Waals surface area contributed by atoms with E-state index in [1.165, 1.54) is 0 Å². The van der Waals surface area contributed by atoms with Crippen LogP contribution in [0.15, 0.2) is 18.3 Å². The Balaban J connectivity index is 1.56. The van der Waals surface area contributed by atoms with Crippen LogP contribution in [0.3, 0.4) is 0 Å². The number of nitrogens with one attached hydrogen (secondary N) is 2. The predicted molar refractivity (Wildman–Crippen MR) is 92.8 cm³/mol. The number of rotatable bonds is 3. The van der Waals surface area contributed by atoms with Gasteiger partial charge in [0.1, 0.15) is 5.82 Å². The first kappa shape index (κ1) is 16.2. The summed E-state index contributed by atoms with van der Waals surface area (Å²) in [5.74, 6) is 0.836. The zero-order valence-electron chi connectivity index (χ0n) is 14.1. The second-order valence-electron chi connectivity index (χ2n) is 6.76. The van der Waals surface area contributed by atoms with Crippen molar-refractivity contribution >= 4 is 17.4 Å². The first-order valence-corrected chi connectivity index (χ1v) is 8.55. The van der Waals surface area contributed by atoms with Crippen LogP contribution in [0, 0.1) is 5.92 Å². The van der Waals surface area contributed by atoms with E-state index < -0.39 is 0 Å². The van der Waals surface area contributed by atoms with Gasteiger partial charge in [0, 0.05) is 38.1 Å². The van der Waals surface area contributed by atoms with Crippen LogP contribution in [-0.2, 0) is 4.79 Å². The Hall–Kier alpha value is -1.66. The predicted octanol–water partition coefficient (Wildman–Crippen LogP) is 1.16. The molecule has 23 heavy (non-hydrogen) atoms. The van der Waals surface area contributed by atoms with Gasteiger partial charge in [0.15, 0.2) is 0 Å². The highest BCUT2D eigenvalue weighted by Crippen LogP contribution is 2.20. The number of pyridine rings is 1. The molecular weight excluding hydrogens is 290 g/mol. The molecular formula is C17H27N5O. The standard InChI is InChI=1S/C17H27N5O/c1-13-11-14(5-6-18-13)17(23)20-16-4-3-15(12-19-16)22-9-7-21(2)8-10-22/h3-4,12-14,18H,5-11H2,1-2H3,(H,19,20,23)/t13-,14-/m0/s1. The smallest absolute Gasteiger partial charge is 0.228 e. The minimum Gasteiger partial charge on any atom is -0.368 e. The van der Waals surface area contributed by atoms with Gasteiger partial charge in [0.2, 0.25) is 5.91 Å². The fraction of sp³-hybridized carbons (Fsp3) is 0.647. The maximum absolute atomic E-state index is 12.3. The van der Waals surface area contributed by atoms with Crippen LogP contribution in [-0.4, -0.2) is 61.6 Å². The van der Waals surface area contributed by atoms with Crippen LogP contribution >= 0.6 is 0 Å². The molecule has 0 aliphatic carbocycles. The molecule has 2 N–H and O–H groups in total. The van der Waals surface area contributed by atoms with E-state index >= 15 is 0 Å². The molecule has 0 saturated carbocycles. The van der Waals surface area contributed by atoms with E-state index in [-0.39, 0.29) is 11.8 Å². The van der Waals surface area contributed by atoms with E-state index in [1.807, 2.05) is 12.3 Å². The number of anilines is 2. The fourth-order valence-electron chi connectivity index (χ4n) is 3.31. The second-order valence-corrected chi connectivity index (χ2v) is 6.76. The Morgan fingerprint density at radius 1 is 1.30 bits per heavy atom. The van der Waals surface area contributed by atoms with Crippen LogP contribution in [0.2, 0.25) is 0 Å². The third-order valence-corrected chi connectivity index (χ3v) is 4.86. The summed E-state index contributed by atoms with van der Waals surface area (Å²) in [6.07, 6.45) is 3.66. The molecule has 1 aromatic rings. The van der Waals surface area contributed by atoms with Crippen LogP contribution in [0.4, 0.5) is 11.5 Å². The molecule has 0 spiro atoms. The van der Waals surface area contributed by atoms with E-state index in [0.717, 1.165) is 51.3 Å². The molecule has 3 rings (SSSR count). The summed E-state index contributed by atoms with van der Waals surface area (Å²) in [5, 5.41) is 6.34. The lowest BCUT2D eigenvalue weighted by Crippen LogP contribution is -2.44. The largest absolute Gasteiger partial charge is 0.368 e. The Bertz CT molecular complexity index is 524. The van der Waals surface area contributed by atoms with Crippen molar-refractivity contribution in [2.45, 2.75) is 25.8 Å². The van der Waals surface area contributed by atoms with Gasteiger partial charge in [-0.15, -0.1) is 0 Å². The normalized spacial score (nSPS) is 26.1. The molecule has 6 nitrogen and oxygen atoms in total. The summed E-state index contributed by atoms with van der Waals surface area (Å²) < 4.78 is 0. The average molecular weight is 317 g/mol. The molecule has 2 saturated heterocycles.